The number of nitrogens with one attached hydrogen (secondary N) is 1. The van der Waals surface area contributed by atoms with Gasteiger partial charge in [-0.05, 0) is 33.6 Å². The molecule has 1 heterocycles. The number of anilines is 2. The van der Waals surface area contributed by atoms with E-state index in [1.807, 2.05) is 6.07 Å². The van der Waals surface area contributed by atoms with Gasteiger partial charge in [0, 0.05) is 27.7 Å². The SMILES string of the molecule is CC1(C)CC(=O)Nc2cc(N)c(Br)cc21. The van der Waals surface area contributed by atoms with Crippen molar-refractivity contribution in [1.82, 2.24) is 0 Å². The number of rotatable bonds is 0. The fourth-order valence-corrected chi connectivity index (χ4v) is 2.29. The quantitative estimate of drug-likeness (QED) is 0.711. The summed E-state index contributed by atoms with van der Waals surface area (Å²) in [5, 5.41) is 2.84. The first kappa shape index (κ1) is 10.5. The lowest BCUT2D eigenvalue weighted by Gasteiger charge is -2.32. The van der Waals surface area contributed by atoms with Crippen molar-refractivity contribution in [3.63, 3.8) is 0 Å². The third kappa shape index (κ3) is 1.74. The number of amides is 1. The van der Waals surface area contributed by atoms with Crippen molar-refractivity contribution in [3.05, 3.63) is 22.2 Å². The van der Waals surface area contributed by atoms with Crippen molar-refractivity contribution >= 4 is 33.2 Å². The first-order valence-electron chi connectivity index (χ1n) is 4.79. The van der Waals surface area contributed by atoms with Crippen LogP contribution in [-0.2, 0) is 10.2 Å². The van der Waals surface area contributed by atoms with Gasteiger partial charge in [-0.25, -0.2) is 0 Å². The van der Waals surface area contributed by atoms with Gasteiger partial charge in [-0.15, -0.1) is 0 Å². The number of fused-ring (bicyclic) bond motifs is 1. The lowest BCUT2D eigenvalue weighted by atomic mass is 9.78. The normalized spacial score (nSPS) is 18.2. The number of carbonyl (C=O) groups is 1. The molecule has 1 amide bonds. The number of hydrogen-bond acceptors (Lipinski definition) is 2. The predicted molar refractivity (Wildman–Crippen MR) is 64.8 cm³/mol. The Kier molecular flexibility index (Phi) is 2.26. The Hall–Kier alpha value is -1.03. The van der Waals surface area contributed by atoms with Crippen LogP contribution in [0.5, 0.6) is 0 Å². The Labute approximate surface area is 97.2 Å². The Morgan fingerprint density at radius 3 is 2.80 bits per heavy atom. The summed E-state index contributed by atoms with van der Waals surface area (Å²) in [4.78, 5) is 11.5. The van der Waals surface area contributed by atoms with Crippen molar-refractivity contribution in [3.8, 4) is 0 Å². The fraction of sp³-hybridized carbons (Fsp3) is 0.364. The molecule has 0 saturated carbocycles. The number of halogens is 1. The van der Waals surface area contributed by atoms with Crippen molar-refractivity contribution in [2.24, 2.45) is 0 Å². The van der Waals surface area contributed by atoms with E-state index in [2.05, 4.69) is 35.1 Å². The summed E-state index contributed by atoms with van der Waals surface area (Å²) < 4.78 is 0.880. The maximum Gasteiger partial charge on any atom is 0.225 e. The minimum Gasteiger partial charge on any atom is -0.398 e. The van der Waals surface area contributed by atoms with Crippen LogP contribution < -0.4 is 11.1 Å². The van der Waals surface area contributed by atoms with Gasteiger partial charge in [0.15, 0.2) is 0 Å². The lowest BCUT2D eigenvalue weighted by Crippen LogP contribution is -2.32. The van der Waals surface area contributed by atoms with E-state index in [1.165, 1.54) is 0 Å². The number of carbonyl (C=O) groups excluding carboxylic acids is 1. The minimum absolute atomic E-state index is 0.0502. The maximum absolute atomic E-state index is 11.5. The van der Waals surface area contributed by atoms with Crippen LogP contribution in [0.3, 0.4) is 0 Å². The summed E-state index contributed by atoms with van der Waals surface area (Å²) in [7, 11) is 0. The molecule has 1 aromatic rings. The third-order valence-electron chi connectivity index (χ3n) is 2.74. The molecule has 15 heavy (non-hydrogen) atoms. The Morgan fingerprint density at radius 2 is 2.13 bits per heavy atom. The zero-order valence-electron chi connectivity index (χ0n) is 8.73. The highest BCUT2D eigenvalue weighted by atomic mass is 79.9. The van der Waals surface area contributed by atoms with Gasteiger partial charge >= 0.3 is 0 Å². The van der Waals surface area contributed by atoms with Crippen molar-refractivity contribution in [2.75, 3.05) is 11.1 Å². The van der Waals surface area contributed by atoms with Crippen molar-refractivity contribution in [2.45, 2.75) is 25.7 Å². The summed E-state index contributed by atoms with van der Waals surface area (Å²) in [6.07, 6.45) is 0.510. The second-order valence-electron chi connectivity index (χ2n) is 4.53. The zero-order chi connectivity index (χ0) is 11.2. The molecule has 1 aromatic carbocycles. The second kappa shape index (κ2) is 3.23. The molecule has 3 N–H and O–H groups in total. The summed E-state index contributed by atoms with van der Waals surface area (Å²) >= 11 is 3.40. The molecule has 3 nitrogen and oxygen atoms in total. The van der Waals surface area contributed by atoms with Crippen molar-refractivity contribution in [1.29, 1.82) is 0 Å². The fourth-order valence-electron chi connectivity index (χ4n) is 1.94. The average Bonchev–Trinajstić information content (AvgIpc) is 2.07. The van der Waals surface area contributed by atoms with E-state index in [9.17, 15) is 4.79 Å². The van der Waals surface area contributed by atoms with Gasteiger partial charge < -0.3 is 11.1 Å². The van der Waals surface area contributed by atoms with Crippen LogP contribution in [0.25, 0.3) is 0 Å². The first-order chi connectivity index (χ1) is 6.90. The number of nitrogen functional groups attached to an aromatic ring is 1. The second-order valence-corrected chi connectivity index (χ2v) is 5.38. The van der Waals surface area contributed by atoms with Gasteiger partial charge in [-0.3, -0.25) is 4.79 Å². The van der Waals surface area contributed by atoms with E-state index in [0.717, 1.165) is 15.7 Å². The molecule has 1 aliphatic rings. The van der Waals surface area contributed by atoms with Crippen LogP contribution in [-0.4, -0.2) is 5.91 Å². The zero-order valence-corrected chi connectivity index (χ0v) is 10.3. The topological polar surface area (TPSA) is 55.1 Å². The highest BCUT2D eigenvalue weighted by Crippen LogP contribution is 2.40. The standard InChI is InChI=1S/C11H13BrN2O/c1-11(2)5-10(15)14-9-4-8(13)7(12)3-6(9)11/h3-4H,5,13H2,1-2H3,(H,14,15). The molecule has 4 heteroatoms. The van der Waals surface area contributed by atoms with Crippen molar-refractivity contribution < 1.29 is 4.79 Å². The van der Waals surface area contributed by atoms with E-state index in [4.69, 9.17) is 5.73 Å². The highest BCUT2D eigenvalue weighted by molar-refractivity contribution is 9.10. The third-order valence-corrected chi connectivity index (χ3v) is 3.43. The molecule has 0 radical (unpaired) electrons. The van der Waals surface area contributed by atoms with Crippen LogP contribution >= 0.6 is 15.9 Å². The van der Waals surface area contributed by atoms with E-state index >= 15 is 0 Å². The lowest BCUT2D eigenvalue weighted by molar-refractivity contribution is -0.117. The number of nitrogens with two attached hydrogens (primary N) is 1. The van der Waals surface area contributed by atoms with Crippen LogP contribution in [0.15, 0.2) is 16.6 Å². The number of hydrogen-bond donors (Lipinski definition) is 2. The minimum atomic E-state index is -0.131. The first-order valence-corrected chi connectivity index (χ1v) is 5.59. The van der Waals surface area contributed by atoms with Gasteiger partial charge in [0.05, 0.1) is 0 Å². The highest BCUT2D eigenvalue weighted by Gasteiger charge is 2.32. The maximum atomic E-state index is 11.5. The van der Waals surface area contributed by atoms with Crippen LogP contribution in [0, 0.1) is 0 Å². The Balaban J connectivity index is 2.62. The molecule has 0 saturated heterocycles. The molecule has 0 aromatic heterocycles. The monoisotopic (exact) mass is 268 g/mol. The molecule has 0 bridgehead atoms. The van der Waals surface area contributed by atoms with Gasteiger partial charge in [0.2, 0.25) is 5.91 Å². The molecule has 0 fully saturated rings. The molecule has 1 aliphatic heterocycles. The molecule has 2 rings (SSSR count). The molecular weight excluding hydrogens is 256 g/mol. The molecular formula is C11H13BrN2O. The molecule has 0 unspecified atom stereocenters. The predicted octanol–water partition coefficient (Wildman–Crippen LogP) is 2.65. The van der Waals surface area contributed by atoms with E-state index in [0.29, 0.717) is 12.1 Å². The summed E-state index contributed by atoms with van der Waals surface area (Å²) in [5.74, 6) is 0.0502. The van der Waals surface area contributed by atoms with Gasteiger partial charge in [0.1, 0.15) is 0 Å². The number of benzene rings is 1. The van der Waals surface area contributed by atoms with Gasteiger partial charge in [0.25, 0.3) is 0 Å². The molecule has 0 spiro atoms. The van der Waals surface area contributed by atoms with Gasteiger partial charge in [-0.1, -0.05) is 13.8 Å². The Morgan fingerprint density at radius 1 is 1.47 bits per heavy atom. The summed E-state index contributed by atoms with van der Waals surface area (Å²) in [6.45, 7) is 4.13. The van der Waals surface area contributed by atoms with E-state index in [1.54, 1.807) is 6.07 Å². The summed E-state index contributed by atoms with van der Waals surface area (Å²) in [6, 6.07) is 3.79. The largest absolute Gasteiger partial charge is 0.398 e. The molecule has 0 aliphatic carbocycles. The summed E-state index contributed by atoms with van der Waals surface area (Å²) in [5.41, 5.74) is 8.25. The van der Waals surface area contributed by atoms with Crippen LogP contribution in [0.2, 0.25) is 0 Å². The average molecular weight is 269 g/mol. The van der Waals surface area contributed by atoms with Gasteiger partial charge in [-0.2, -0.15) is 0 Å². The van der Waals surface area contributed by atoms with E-state index < -0.39 is 0 Å². The Bertz CT molecular complexity index is 440. The molecule has 0 atom stereocenters. The van der Waals surface area contributed by atoms with Crippen LogP contribution in [0.1, 0.15) is 25.8 Å². The van der Waals surface area contributed by atoms with Crippen LogP contribution in [0.4, 0.5) is 11.4 Å². The smallest absolute Gasteiger partial charge is 0.225 e. The van der Waals surface area contributed by atoms with E-state index in [-0.39, 0.29) is 11.3 Å². The molecule has 80 valence electrons.